The number of benzene rings is 1. The first-order valence-electron chi connectivity index (χ1n) is 5.58. The molecule has 1 aliphatic carbocycles. The minimum atomic E-state index is -0.345. The molecule has 1 saturated carbocycles. The molecule has 4 heteroatoms. The maximum absolute atomic E-state index is 10.8. The SMILES string of the molecule is Cc1ccc([C@H](N)CC2CC2)cc1[N+](=O)[O-]. The highest BCUT2D eigenvalue weighted by Crippen LogP contribution is 2.37. The number of nitro groups is 1. The van der Waals surface area contributed by atoms with E-state index in [4.69, 9.17) is 5.73 Å². The molecule has 0 amide bonds. The minimum absolute atomic E-state index is 0.0631. The van der Waals surface area contributed by atoms with Crippen molar-refractivity contribution >= 4 is 5.69 Å². The van der Waals surface area contributed by atoms with Crippen LogP contribution in [0.3, 0.4) is 0 Å². The van der Waals surface area contributed by atoms with Gasteiger partial charge in [-0.25, -0.2) is 0 Å². The fourth-order valence-electron chi connectivity index (χ4n) is 1.90. The summed E-state index contributed by atoms with van der Waals surface area (Å²) in [5.74, 6) is 0.732. The average Bonchev–Trinajstić information content (AvgIpc) is 3.01. The van der Waals surface area contributed by atoms with Gasteiger partial charge in [0.05, 0.1) is 4.92 Å². The second-order valence-corrected chi connectivity index (χ2v) is 4.59. The molecule has 0 unspecified atom stereocenters. The molecule has 86 valence electrons. The van der Waals surface area contributed by atoms with Gasteiger partial charge in [0.25, 0.3) is 5.69 Å². The predicted octanol–water partition coefficient (Wildman–Crippen LogP) is 2.70. The van der Waals surface area contributed by atoms with E-state index in [0.29, 0.717) is 5.56 Å². The molecule has 4 nitrogen and oxygen atoms in total. The van der Waals surface area contributed by atoms with Gasteiger partial charge in [-0.2, -0.15) is 0 Å². The lowest BCUT2D eigenvalue weighted by atomic mass is 10.00. The Kier molecular flexibility index (Phi) is 2.92. The Hall–Kier alpha value is -1.42. The molecule has 2 N–H and O–H groups in total. The molecular weight excluding hydrogens is 204 g/mol. The molecular formula is C12H16N2O2. The zero-order chi connectivity index (χ0) is 11.7. The summed E-state index contributed by atoms with van der Waals surface area (Å²) in [6, 6.07) is 5.23. The van der Waals surface area contributed by atoms with Crippen molar-refractivity contribution in [2.75, 3.05) is 0 Å². The largest absolute Gasteiger partial charge is 0.324 e. The summed E-state index contributed by atoms with van der Waals surface area (Å²) in [5, 5.41) is 10.8. The fourth-order valence-corrected chi connectivity index (χ4v) is 1.90. The van der Waals surface area contributed by atoms with E-state index in [9.17, 15) is 10.1 Å². The van der Waals surface area contributed by atoms with E-state index in [1.54, 1.807) is 19.1 Å². The predicted molar refractivity (Wildman–Crippen MR) is 62.1 cm³/mol. The molecule has 0 heterocycles. The molecule has 0 spiro atoms. The van der Waals surface area contributed by atoms with Crippen molar-refractivity contribution < 1.29 is 4.92 Å². The van der Waals surface area contributed by atoms with Crippen molar-refractivity contribution in [1.82, 2.24) is 0 Å². The van der Waals surface area contributed by atoms with Gasteiger partial charge in [-0.1, -0.05) is 25.0 Å². The first-order chi connectivity index (χ1) is 7.58. The topological polar surface area (TPSA) is 69.2 Å². The summed E-state index contributed by atoms with van der Waals surface area (Å²) in [7, 11) is 0. The van der Waals surface area contributed by atoms with E-state index in [1.165, 1.54) is 12.8 Å². The number of hydrogen-bond acceptors (Lipinski definition) is 3. The van der Waals surface area contributed by atoms with Crippen LogP contribution in [0.1, 0.15) is 36.4 Å². The van der Waals surface area contributed by atoms with Crippen LogP contribution < -0.4 is 5.73 Å². The molecule has 0 radical (unpaired) electrons. The van der Waals surface area contributed by atoms with Crippen LogP contribution in [-0.4, -0.2) is 4.92 Å². The van der Waals surface area contributed by atoms with E-state index >= 15 is 0 Å². The van der Waals surface area contributed by atoms with Crippen LogP contribution in [0.2, 0.25) is 0 Å². The first-order valence-corrected chi connectivity index (χ1v) is 5.58. The number of hydrogen-bond donors (Lipinski definition) is 1. The standard InChI is InChI=1S/C12H16N2O2/c1-8-2-5-10(7-12(8)14(15)16)11(13)6-9-3-4-9/h2,5,7,9,11H,3-4,6,13H2,1H3/t11-/m1/s1. The monoisotopic (exact) mass is 220 g/mol. The van der Waals surface area contributed by atoms with Gasteiger partial charge in [-0.15, -0.1) is 0 Å². The Morgan fingerprint density at radius 3 is 2.81 bits per heavy atom. The van der Waals surface area contributed by atoms with Gasteiger partial charge in [0.2, 0.25) is 0 Å². The van der Waals surface area contributed by atoms with Crippen LogP contribution in [0, 0.1) is 23.0 Å². The van der Waals surface area contributed by atoms with Gasteiger partial charge in [-0.05, 0) is 24.8 Å². The second-order valence-electron chi connectivity index (χ2n) is 4.59. The highest BCUT2D eigenvalue weighted by atomic mass is 16.6. The van der Waals surface area contributed by atoms with Crippen molar-refractivity contribution in [2.45, 2.75) is 32.2 Å². The molecule has 1 aromatic carbocycles. The van der Waals surface area contributed by atoms with Gasteiger partial charge in [0, 0.05) is 17.7 Å². The normalized spacial score (nSPS) is 17.1. The molecule has 2 rings (SSSR count). The third kappa shape index (κ3) is 2.39. The smallest absolute Gasteiger partial charge is 0.272 e. The van der Waals surface area contributed by atoms with Crippen molar-refractivity contribution in [2.24, 2.45) is 11.7 Å². The van der Waals surface area contributed by atoms with Crippen LogP contribution in [0.5, 0.6) is 0 Å². The van der Waals surface area contributed by atoms with Gasteiger partial charge in [-0.3, -0.25) is 10.1 Å². The van der Waals surface area contributed by atoms with E-state index in [-0.39, 0.29) is 16.7 Å². The molecule has 1 aromatic rings. The second kappa shape index (κ2) is 4.22. The van der Waals surface area contributed by atoms with E-state index in [0.717, 1.165) is 17.9 Å². The maximum Gasteiger partial charge on any atom is 0.272 e. The average molecular weight is 220 g/mol. The highest BCUT2D eigenvalue weighted by molar-refractivity contribution is 5.43. The van der Waals surface area contributed by atoms with Crippen LogP contribution >= 0.6 is 0 Å². The molecule has 1 fully saturated rings. The minimum Gasteiger partial charge on any atom is -0.324 e. The molecule has 0 bridgehead atoms. The summed E-state index contributed by atoms with van der Waals surface area (Å²) in [6.45, 7) is 1.74. The van der Waals surface area contributed by atoms with Crippen molar-refractivity contribution in [3.05, 3.63) is 39.4 Å². The van der Waals surface area contributed by atoms with Crippen LogP contribution in [0.25, 0.3) is 0 Å². The molecule has 0 saturated heterocycles. The molecule has 0 aromatic heterocycles. The highest BCUT2D eigenvalue weighted by Gasteiger charge is 2.25. The van der Waals surface area contributed by atoms with Gasteiger partial charge < -0.3 is 5.73 Å². The van der Waals surface area contributed by atoms with E-state index in [2.05, 4.69) is 0 Å². The van der Waals surface area contributed by atoms with Crippen LogP contribution in [-0.2, 0) is 0 Å². The number of nitrogens with two attached hydrogens (primary N) is 1. The van der Waals surface area contributed by atoms with Gasteiger partial charge in [0.1, 0.15) is 0 Å². The zero-order valence-corrected chi connectivity index (χ0v) is 9.35. The van der Waals surface area contributed by atoms with Gasteiger partial charge >= 0.3 is 0 Å². The van der Waals surface area contributed by atoms with Crippen molar-refractivity contribution in [3.8, 4) is 0 Å². The number of rotatable bonds is 4. The molecule has 0 aliphatic heterocycles. The third-order valence-corrected chi connectivity index (χ3v) is 3.14. The molecule has 1 atom stereocenters. The number of nitrogens with zero attached hydrogens (tertiary/aromatic N) is 1. The summed E-state index contributed by atoms with van der Waals surface area (Å²) in [4.78, 5) is 10.5. The lowest BCUT2D eigenvalue weighted by Gasteiger charge is -2.11. The van der Waals surface area contributed by atoms with Crippen LogP contribution in [0.15, 0.2) is 18.2 Å². The fraction of sp³-hybridized carbons (Fsp3) is 0.500. The van der Waals surface area contributed by atoms with E-state index in [1.807, 2.05) is 6.07 Å². The van der Waals surface area contributed by atoms with Gasteiger partial charge in [0.15, 0.2) is 0 Å². The number of aryl methyl sites for hydroxylation is 1. The molecule has 1 aliphatic rings. The van der Waals surface area contributed by atoms with Crippen molar-refractivity contribution in [1.29, 1.82) is 0 Å². The summed E-state index contributed by atoms with van der Waals surface area (Å²) in [5.41, 5.74) is 7.77. The van der Waals surface area contributed by atoms with Crippen molar-refractivity contribution in [3.63, 3.8) is 0 Å². The van der Waals surface area contributed by atoms with E-state index < -0.39 is 0 Å². The third-order valence-electron chi connectivity index (χ3n) is 3.14. The Balaban J connectivity index is 2.20. The lowest BCUT2D eigenvalue weighted by Crippen LogP contribution is -2.11. The summed E-state index contributed by atoms with van der Waals surface area (Å²) < 4.78 is 0. The Morgan fingerprint density at radius 1 is 1.56 bits per heavy atom. The zero-order valence-electron chi connectivity index (χ0n) is 9.35. The Morgan fingerprint density at radius 2 is 2.25 bits per heavy atom. The first kappa shape index (κ1) is 11.1. The lowest BCUT2D eigenvalue weighted by molar-refractivity contribution is -0.385. The Labute approximate surface area is 94.6 Å². The quantitative estimate of drug-likeness (QED) is 0.626. The Bertz CT molecular complexity index is 413. The molecule has 16 heavy (non-hydrogen) atoms. The van der Waals surface area contributed by atoms with Crippen LogP contribution in [0.4, 0.5) is 5.69 Å². The maximum atomic E-state index is 10.8. The number of nitro benzene ring substituents is 1. The summed E-state index contributed by atoms with van der Waals surface area (Å²) in [6.07, 6.45) is 3.45. The summed E-state index contributed by atoms with van der Waals surface area (Å²) >= 11 is 0.